The van der Waals surface area contributed by atoms with E-state index in [1.165, 1.54) is 77.9 Å². The first kappa shape index (κ1) is 54.6. The third-order valence-electron chi connectivity index (χ3n) is 13.9. The van der Waals surface area contributed by atoms with Crippen LogP contribution >= 0.6 is 0 Å². The Bertz CT molecular complexity index is 2470. The number of aliphatic hydroxyl groups excluding tert-OH is 2. The molecule has 384 valence electrons. The van der Waals surface area contributed by atoms with E-state index in [9.17, 15) is 10.2 Å². The molecule has 0 saturated carbocycles. The van der Waals surface area contributed by atoms with Gasteiger partial charge in [-0.25, -0.2) is 0 Å². The van der Waals surface area contributed by atoms with Gasteiger partial charge in [0.2, 0.25) is 0 Å². The Hall–Kier alpha value is -5.14. The van der Waals surface area contributed by atoms with Crippen molar-refractivity contribution in [1.29, 1.82) is 0 Å². The van der Waals surface area contributed by atoms with Gasteiger partial charge in [-0.1, -0.05) is 72.8 Å². The van der Waals surface area contributed by atoms with E-state index in [1.807, 2.05) is 36.4 Å². The molecule has 0 unspecified atom stereocenters. The molecule has 2 N–H and O–H groups in total. The van der Waals surface area contributed by atoms with Crippen LogP contribution in [0, 0.1) is 0 Å². The molecule has 0 fully saturated rings. The van der Waals surface area contributed by atoms with E-state index in [1.54, 1.807) is 0 Å². The molecule has 2 aromatic heterocycles. The molecular weight excluding hydrogens is 897 g/mol. The zero-order chi connectivity index (χ0) is 50.7. The fourth-order valence-electron chi connectivity index (χ4n) is 10.7. The zero-order valence-corrected chi connectivity index (χ0v) is 44.1. The summed E-state index contributed by atoms with van der Waals surface area (Å²) in [6.45, 7) is 16.2. The van der Waals surface area contributed by atoms with Crippen LogP contribution in [0.5, 0.6) is 0 Å². The molecule has 0 atom stereocenters. The van der Waals surface area contributed by atoms with Crippen molar-refractivity contribution in [1.82, 2.24) is 19.8 Å². The molecule has 4 aromatic carbocycles. The predicted molar refractivity (Wildman–Crippen MR) is 288 cm³/mol. The minimum Gasteiger partial charge on any atom is -0.390 e. The summed E-state index contributed by atoms with van der Waals surface area (Å²) in [4.78, 5) is 14.1. The monoisotopic (exact) mass is 977 g/mol. The zero-order valence-electron chi connectivity index (χ0n) is 44.1. The highest BCUT2D eigenvalue weighted by Gasteiger charge is 2.22. The first-order valence-corrected chi connectivity index (χ1v) is 26.5. The number of hydrogen-bond donors (Lipinski definition) is 2. The molecule has 1 aliphatic carbocycles. The van der Waals surface area contributed by atoms with Gasteiger partial charge in [-0.2, -0.15) is 0 Å². The second kappa shape index (κ2) is 28.3. The second-order valence-electron chi connectivity index (χ2n) is 19.3. The molecule has 72 heavy (non-hydrogen) atoms. The van der Waals surface area contributed by atoms with Crippen LogP contribution in [0.25, 0.3) is 0 Å². The van der Waals surface area contributed by atoms with Crippen molar-refractivity contribution in [2.24, 2.45) is 0 Å². The smallest absolute Gasteiger partial charge is 0.0853 e. The van der Waals surface area contributed by atoms with Gasteiger partial charge in [0.1, 0.15) is 0 Å². The number of rotatable bonds is 26. The Morgan fingerprint density at radius 3 is 0.986 bits per heavy atom. The van der Waals surface area contributed by atoms with Crippen LogP contribution < -0.4 is 0 Å². The minimum absolute atomic E-state index is 0.0797. The van der Waals surface area contributed by atoms with Gasteiger partial charge in [-0.05, 0) is 195 Å². The molecule has 10 heteroatoms. The Morgan fingerprint density at radius 2 is 0.667 bits per heavy atom. The lowest BCUT2D eigenvalue weighted by Gasteiger charge is -2.25. The quantitative estimate of drug-likeness (QED) is 0.0510. The van der Waals surface area contributed by atoms with E-state index in [2.05, 4.69) is 112 Å². The molecule has 7 rings (SSSR count). The minimum atomic E-state index is -0.0797. The molecule has 8 bridgehead atoms. The van der Waals surface area contributed by atoms with Gasteiger partial charge < -0.3 is 29.2 Å². The maximum absolute atomic E-state index is 9.89. The Morgan fingerprint density at radius 1 is 0.389 bits per heavy atom. The third kappa shape index (κ3) is 15.4. The molecule has 2 heterocycles. The Balaban J connectivity index is 1.45. The van der Waals surface area contributed by atoms with Crippen LogP contribution in [0.2, 0.25) is 0 Å². The highest BCUT2D eigenvalue weighted by molar-refractivity contribution is 5.52. The van der Waals surface area contributed by atoms with Gasteiger partial charge in [0.25, 0.3) is 0 Å². The van der Waals surface area contributed by atoms with Crippen LogP contribution in [0.3, 0.4) is 0 Å². The van der Waals surface area contributed by atoms with Gasteiger partial charge in [-0.15, -0.1) is 0 Å². The van der Waals surface area contributed by atoms with Crippen molar-refractivity contribution in [3.05, 3.63) is 198 Å². The normalized spacial score (nSPS) is 12.6. The predicted octanol–water partition coefficient (Wildman–Crippen LogP) is 9.72. The van der Waals surface area contributed by atoms with E-state index in [0.29, 0.717) is 77.3 Å². The van der Waals surface area contributed by atoms with Crippen molar-refractivity contribution in [2.45, 2.75) is 118 Å². The molecule has 0 saturated heterocycles. The van der Waals surface area contributed by atoms with Crippen LogP contribution in [0.1, 0.15) is 128 Å². The van der Waals surface area contributed by atoms with Crippen molar-refractivity contribution < 1.29 is 29.2 Å². The van der Waals surface area contributed by atoms with Gasteiger partial charge in [-0.3, -0.25) is 19.8 Å². The van der Waals surface area contributed by atoms with E-state index in [0.717, 1.165) is 75.8 Å². The highest BCUT2D eigenvalue weighted by atomic mass is 16.5. The molecule has 1 aliphatic rings. The number of nitrogens with zero attached hydrogens (tertiary/aromatic N) is 4. The van der Waals surface area contributed by atoms with Crippen molar-refractivity contribution in [3.8, 4) is 0 Å². The molecule has 10 nitrogen and oxygen atoms in total. The van der Waals surface area contributed by atoms with Crippen molar-refractivity contribution in [3.63, 3.8) is 0 Å². The molecule has 6 aromatic rings. The Labute approximate surface area is 430 Å². The number of benzene rings is 4. The number of fused-ring (bicyclic) bond motifs is 8. The summed E-state index contributed by atoms with van der Waals surface area (Å²) in [7, 11) is 4.32. The average Bonchev–Trinajstić information content (AvgIpc) is 3.37. The highest BCUT2D eigenvalue weighted by Crippen LogP contribution is 2.33. The number of hydrogen-bond acceptors (Lipinski definition) is 10. The fourth-order valence-corrected chi connectivity index (χ4v) is 10.7. The molecule has 0 radical (unpaired) electrons. The standard InChI is InChI=1S/C62H80N4O6/c1-7-69-27-23-59-47-15-11-17-49(59)36-51-31-45(39-65(5)41-55-19-13-21-57(43-67)63-55)33-53(61(51)25-29-71-9-3)38-54-34-46(40-66(6)42-56-20-14-22-58(44-68)64-56)32-52(62(54)26-30-72-10-4)37-50-18-12-16-48(35-47)60(50)24-28-70-8-2/h11-22,31-34,67-68H,7-10,23-30,35-44H2,1-6H3. The van der Waals surface area contributed by atoms with Crippen LogP contribution in [-0.2, 0) is 110 Å². The first-order valence-electron chi connectivity index (χ1n) is 26.5. The topological polar surface area (TPSA) is 110 Å². The Kier molecular flexibility index (Phi) is 21.5. The molecular formula is C62H80N4O6. The van der Waals surface area contributed by atoms with Crippen molar-refractivity contribution >= 4 is 0 Å². The fraction of sp³-hybridized carbons (Fsp3) is 0.452. The van der Waals surface area contributed by atoms with Crippen LogP contribution in [0.15, 0.2) is 97.1 Å². The van der Waals surface area contributed by atoms with Gasteiger partial charge >= 0.3 is 0 Å². The number of pyridine rings is 2. The lowest BCUT2D eigenvalue weighted by atomic mass is 9.82. The van der Waals surface area contributed by atoms with Gasteiger partial charge in [0.05, 0.1) is 62.4 Å². The second-order valence-corrected chi connectivity index (χ2v) is 19.3. The summed E-state index contributed by atoms with van der Waals surface area (Å²) in [6.07, 6.45) is 6.44. The maximum atomic E-state index is 9.89. The molecule has 0 spiro atoms. The summed E-state index contributed by atoms with van der Waals surface area (Å²) in [5, 5.41) is 19.8. The lowest BCUT2D eigenvalue weighted by Crippen LogP contribution is -2.20. The molecule has 0 amide bonds. The van der Waals surface area contributed by atoms with E-state index < -0.39 is 0 Å². The van der Waals surface area contributed by atoms with E-state index >= 15 is 0 Å². The summed E-state index contributed by atoms with van der Waals surface area (Å²) >= 11 is 0. The van der Waals surface area contributed by atoms with Crippen LogP contribution in [-0.4, -0.2) is 96.9 Å². The average molecular weight is 977 g/mol. The van der Waals surface area contributed by atoms with Gasteiger partial charge in [0, 0.05) is 52.6 Å². The number of aromatic nitrogens is 2. The summed E-state index contributed by atoms with van der Waals surface area (Å²) in [5.74, 6) is 0. The van der Waals surface area contributed by atoms with E-state index in [4.69, 9.17) is 28.9 Å². The first-order chi connectivity index (χ1) is 35.2. The SMILES string of the molecule is CCOCCc1c2cccc1Cc1cc(CN(C)Cc3cccc(CO)n3)cc(c1CCOCC)Cc1cc(CN(C)Cc3cccc(CO)n3)cc(c1CCOCC)Cc1cccc(c1CCOCC)C2. The number of aliphatic hydroxyl groups is 2. The maximum Gasteiger partial charge on any atom is 0.0853 e. The summed E-state index contributed by atoms with van der Waals surface area (Å²) in [5.41, 5.74) is 21.9. The van der Waals surface area contributed by atoms with Gasteiger partial charge in [0.15, 0.2) is 0 Å². The molecule has 0 aliphatic heterocycles. The van der Waals surface area contributed by atoms with Crippen molar-refractivity contribution in [2.75, 3.05) is 67.0 Å². The number of ether oxygens (including phenoxy) is 4. The largest absolute Gasteiger partial charge is 0.390 e. The summed E-state index contributed by atoms with van der Waals surface area (Å²) in [6, 6.07) is 35.5. The third-order valence-corrected chi connectivity index (χ3v) is 13.9. The van der Waals surface area contributed by atoms with Crippen LogP contribution in [0.4, 0.5) is 0 Å². The summed E-state index contributed by atoms with van der Waals surface area (Å²) < 4.78 is 24.6. The lowest BCUT2D eigenvalue weighted by molar-refractivity contribution is 0.150. The van der Waals surface area contributed by atoms with E-state index in [-0.39, 0.29) is 13.2 Å².